The van der Waals surface area contributed by atoms with Crippen LogP contribution in [0.5, 0.6) is 0 Å². The monoisotopic (exact) mass is 330 g/mol. The smallest absolute Gasteiger partial charge is 0.266 e. The Hall–Kier alpha value is -0.950. The molecule has 0 aromatic heterocycles. The van der Waals surface area contributed by atoms with Crippen molar-refractivity contribution >= 4 is 10.1 Å². The SMILES string of the molecule is CCC(C)(C)CC(OCOCc1ccccc1)OS(C)(=O)=O. The molecule has 0 fully saturated rings. The summed E-state index contributed by atoms with van der Waals surface area (Å²) >= 11 is 0. The molecule has 0 aliphatic heterocycles. The number of benzene rings is 1. The summed E-state index contributed by atoms with van der Waals surface area (Å²) in [5.74, 6) is 0. The molecule has 0 aliphatic rings. The van der Waals surface area contributed by atoms with E-state index in [2.05, 4.69) is 0 Å². The maximum Gasteiger partial charge on any atom is 0.266 e. The third-order valence-electron chi connectivity index (χ3n) is 3.41. The molecule has 1 unspecified atom stereocenters. The average Bonchev–Trinajstić information content (AvgIpc) is 2.42. The molecule has 0 heterocycles. The van der Waals surface area contributed by atoms with Crippen LogP contribution in [0.25, 0.3) is 0 Å². The predicted molar refractivity (Wildman–Crippen MR) is 85.6 cm³/mol. The quantitative estimate of drug-likeness (QED) is 0.374. The Morgan fingerprint density at radius 1 is 1.18 bits per heavy atom. The molecule has 1 rings (SSSR count). The first-order chi connectivity index (χ1) is 10.2. The summed E-state index contributed by atoms with van der Waals surface area (Å²) in [5.41, 5.74) is 0.954. The molecule has 6 heteroatoms. The molecule has 0 spiro atoms. The van der Waals surface area contributed by atoms with E-state index in [1.54, 1.807) is 0 Å². The van der Waals surface area contributed by atoms with Gasteiger partial charge >= 0.3 is 0 Å². The zero-order valence-corrected chi connectivity index (χ0v) is 14.6. The number of rotatable bonds is 10. The molecule has 0 N–H and O–H groups in total. The summed E-state index contributed by atoms with van der Waals surface area (Å²) in [6, 6.07) is 9.69. The van der Waals surface area contributed by atoms with Crippen LogP contribution in [0.4, 0.5) is 0 Å². The van der Waals surface area contributed by atoms with E-state index < -0.39 is 16.4 Å². The minimum absolute atomic E-state index is 0.0190. The Kier molecular flexibility index (Phi) is 7.48. The first-order valence-corrected chi connectivity index (χ1v) is 9.15. The van der Waals surface area contributed by atoms with E-state index in [0.717, 1.165) is 18.2 Å². The van der Waals surface area contributed by atoms with Crippen molar-refractivity contribution in [2.45, 2.75) is 46.5 Å². The van der Waals surface area contributed by atoms with Crippen molar-refractivity contribution in [1.82, 2.24) is 0 Å². The van der Waals surface area contributed by atoms with E-state index in [-0.39, 0.29) is 12.2 Å². The summed E-state index contributed by atoms with van der Waals surface area (Å²) in [7, 11) is -3.57. The summed E-state index contributed by atoms with van der Waals surface area (Å²) in [6.07, 6.45) is 1.56. The highest BCUT2D eigenvalue weighted by Gasteiger charge is 2.25. The molecule has 1 atom stereocenters. The van der Waals surface area contributed by atoms with Gasteiger partial charge in [0.15, 0.2) is 6.29 Å². The normalized spacial score (nSPS) is 14.0. The van der Waals surface area contributed by atoms with Crippen molar-refractivity contribution in [1.29, 1.82) is 0 Å². The van der Waals surface area contributed by atoms with Gasteiger partial charge in [-0.3, -0.25) is 0 Å². The minimum Gasteiger partial charge on any atom is -0.351 e. The van der Waals surface area contributed by atoms with Gasteiger partial charge in [0.25, 0.3) is 10.1 Å². The van der Waals surface area contributed by atoms with Gasteiger partial charge in [-0.15, -0.1) is 0 Å². The molecule has 0 amide bonds. The van der Waals surface area contributed by atoms with Gasteiger partial charge in [0.05, 0.1) is 12.9 Å². The molecule has 0 aliphatic carbocycles. The molecule has 0 saturated heterocycles. The van der Waals surface area contributed by atoms with Crippen molar-refractivity contribution < 1.29 is 22.1 Å². The van der Waals surface area contributed by atoms with Crippen LogP contribution in [-0.2, 0) is 30.4 Å². The Morgan fingerprint density at radius 2 is 1.82 bits per heavy atom. The van der Waals surface area contributed by atoms with Gasteiger partial charge in [-0.05, 0) is 11.0 Å². The lowest BCUT2D eigenvalue weighted by Gasteiger charge is -2.27. The van der Waals surface area contributed by atoms with E-state index in [0.29, 0.717) is 13.0 Å². The standard InChI is InChI=1S/C16H26O5S/c1-5-16(2,3)11-15(21-22(4,17)18)20-13-19-12-14-9-7-6-8-10-14/h6-10,15H,5,11-13H2,1-4H3. The van der Waals surface area contributed by atoms with Crippen molar-refractivity contribution in [2.24, 2.45) is 5.41 Å². The lowest BCUT2D eigenvalue weighted by molar-refractivity contribution is -0.170. The number of hydrogen-bond acceptors (Lipinski definition) is 5. The highest BCUT2D eigenvalue weighted by atomic mass is 32.2. The largest absolute Gasteiger partial charge is 0.351 e. The maximum atomic E-state index is 11.3. The Balaban J connectivity index is 2.46. The van der Waals surface area contributed by atoms with Gasteiger partial charge in [0.1, 0.15) is 6.79 Å². The van der Waals surface area contributed by atoms with Crippen LogP contribution in [0.2, 0.25) is 0 Å². The van der Waals surface area contributed by atoms with Gasteiger partial charge in [0.2, 0.25) is 0 Å². The van der Waals surface area contributed by atoms with Crippen LogP contribution >= 0.6 is 0 Å². The Morgan fingerprint density at radius 3 is 2.36 bits per heavy atom. The molecule has 1 aromatic rings. The summed E-state index contributed by atoms with van der Waals surface area (Å²) in [4.78, 5) is 0. The highest BCUT2D eigenvalue weighted by molar-refractivity contribution is 7.86. The van der Waals surface area contributed by atoms with E-state index in [1.807, 2.05) is 51.1 Å². The molecule has 0 radical (unpaired) electrons. The van der Waals surface area contributed by atoms with Crippen molar-refractivity contribution in [3.63, 3.8) is 0 Å². The minimum atomic E-state index is -3.57. The van der Waals surface area contributed by atoms with Gasteiger partial charge in [-0.25, -0.2) is 4.18 Å². The third kappa shape index (κ3) is 8.48. The topological polar surface area (TPSA) is 61.8 Å². The average molecular weight is 330 g/mol. The highest BCUT2D eigenvalue weighted by Crippen LogP contribution is 2.28. The van der Waals surface area contributed by atoms with Crippen LogP contribution in [0.15, 0.2) is 30.3 Å². The number of ether oxygens (including phenoxy) is 2. The fourth-order valence-corrected chi connectivity index (χ4v) is 2.28. The first-order valence-electron chi connectivity index (χ1n) is 7.33. The maximum absolute atomic E-state index is 11.3. The summed E-state index contributed by atoms with van der Waals surface area (Å²) in [6.45, 7) is 6.52. The van der Waals surface area contributed by atoms with Crippen molar-refractivity contribution in [3.8, 4) is 0 Å². The van der Waals surface area contributed by atoms with Gasteiger partial charge < -0.3 is 9.47 Å². The van der Waals surface area contributed by atoms with Crippen LogP contribution < -0.4 is 0 Å². The van der Waals surface area contributed by atoms with Gasteiger partial charge in [0, 0.05) is 6.42 Å². The third-order valence-corrected chi connectivity index (χ3v) is 3.97. The van der Waals surface area contributed by atoms with Crippen LogP contribution in [0.1, 0.15) is 39.2 Å². The number of hydrogen-bond donors (Lipinski definition) is 0. The molecular formula is C16H26O5S. The zero-order chi connectivity index (χ0) is 16.6. The fraction of sp³-hybridized carbons (Fsp3) is 0.625. The molecule has 126 valence electrons. The molecular weight excluding hydrogens is 304 g/mol. The van der Waals surface area contributed by atoms with E-state index in [4.69, 9.17) is 13.7 Å². The molecule has 0 bridgehead atoms. The van der Waals surface area contributed by atoms with E-state index >= 15 is 0 Å². The second kappa shape index (κ2) is 8.62. The fourth-order valence-electron chi connectivity index (χ4n) is 1.77. The molecule has 0 saturated carbocycles. The second-order valence-electron chi connectivity index (χ2n) is 6.07. The molecule has 5 nitrogen and oxygen atoms in total. The lowest BCUT2D eigenvalue weighted by atomic mass is 9.86. The van der Waals surface area contributed by atoms with Crippen LogP contribution in [0, 0.1) is 5.41 Å². The second-order valence-corrected chi connectivity index (χ2v) is 7.67. The summed E-state index contributed by atoms with van der Waals surface area (Å²) < 4.78 is 38.5. The van der Waals surface area contributed by atoms with E-state index in [1.165, 1.54) is 0 Å². The van der Waals surface area contributed by atoms with E-state index in [9.17, 15) is 8.42 Å². The van der Waals surface area contributed by atoms with Crippen molar-refractivity contribution in [2.75, 3.05) is 13.0 Å². The molecule has 22 heavy (non-hydrogen) atoms. The summed E-state index contributed by atoms with van der Waals surface area (Å²) in [5, 5.41) is 0. The van der Waals surface area contributed by atoms with Crippen LogP contribution in [0.3, 0.4) is 0 Å². The first kappa shape index (κ1) is 19.1. The Labute approximate surface area is 133 Å². The molecule has 1 aromatic carbocycles. The predicted octanol–water partition coefficient (Wildman–Crippen LogP) is 3.31. The zero-order valence-electron chi connectivity index (χ0n) is 13.7. The lowest BCUT2D eigenvalue weighted by Crippen LogP contribution is -2.28. The Bertz CT molecular complexity index is 525. The van der Waals surface area contributed by atoms with Gasteiger partial charge in [-0.1, -0.05) is 57.5 Å². The van der Waals surface area contributed by atoms with Crippen LogP contribution in [-0.4, -0.2) is 27.8 Å². The van der Waals surface area contributed by atoms with Gasteiger partial charge in [-0.2, -0.15) is 8.42 Å². The van der Waals surface area contributed by atoms with Crippen molar-refractivity contribution in [3.05, 3.63) is 35.9 Å².